The summed E-state index contributed by atoms with van der Waals surface area (Å²) in [7, 11) is 0. The van der Waals surface area contributed by atoms with Crippen molar-refractivity contribution in [3.05, 3.63) is 196 Å². The molecule has 4 aromatic rings. The maximum Gasteiger partial charge on any atom is 0.251 e. The molecule has 2 aliphatic heterocycles. The minimum Gasteiger partial charge on any atom is -0.335 e. The fourth-order valence-corrected chi connectivity index (χ4v) is 11.3. The van der Waals surface area contributed by atoms with Gasteiger partial charge >= 0.3 is 0 Å². The smallest absolute Gasteiger partial charge is 0.251 e. The Kier molecular flexibility index (Phi) is 10.2. The zero-order valence-corrected chi connectivity index (χ0v) is 38.5. The molecule has 3 atom stereocenters. The van der Waals surface area contributed by atoms with Crippen LogP contribution in [0, 0.1) is 11.3 Å². The molecule has 0 N–H and O–H groups in total. The van der Waals surface area contributed by atoms with Gasteiger partial charge in [-0.25, -0.2) is 0 Å². The zero-order valence-electron chi connectivity index (χ0n) is 38.5. The molecule has 3 unspecified atom stereocenters. The molecule has 0 amide bonds. The van der Waals surface area contributed by atoms with Crippen LogP contribution in [-0.4, -0.2) is 12.8 Å². The Labute approximate surface area is 373 Å². The van der Waals surface area contributed by atoms with Crippen molar-refractivity contribution in [2.24, 2.45) is 11.3 Å². The fourth-order valence-electron chi connectivity index (χ4n) is 11.3. The first-order valence-electron chi connectivity index (χ1n) is 23.7. The lowest BCUT2D eigenvalue weighted by molar-refractivity contribution is 0.508. The first-order valence-corrected chi connectivity index (χ1v) is 23.7. The van der Waals surface area contributed by atoms with E-state index in [9.17, 15) is 0 Å². The van der Waals surface area contributed by atoms with Gasteiger partial charge in [-0.2, -0.15) is 0 Å². The van der Waals surface area contributed by atoms with Crippen LogP contribution in [0.15, 0.2) is 174 Å². The third-order valence-electron chi connectivity index (χ3n) is 15.0. The first-order chi connectivity index (χ1) is 29.8. The average molecular weight is 813 g/mol. The van der Waals surface area contributed by atoms with E-state index in [0.29, 0.717) is 11.8 Å². The van der Waals surface area contributed by atoms with Crippen molar-refractivity contribution in [2.45, 2.75) is 123 Å². The van der Waals surface area contributed by atoms with E-state index in [4.69, 9.17) is 0 Å². The van der Waals surface area contributed by atoms with Gasteiger partial charge in [-0.15, -0.1) is 0 Å². The van der Waals surface area contributed by atoms with E-state index in [1.54, 1.807) is 5.57 Å². The third kappa shape index (κ3) is 7.14. The van der Waals surface area contributed by atoms with Gasteiger partial charge in [-0.1, -0.05) is 182 Å². The van der Waals surface area contributed by atoms with Crippen LogP contribution in [0.1, 0.15) is 129 Å². The number of allylic oxidation sites excluding steroid dienone is 11. The van der Waals surface area contributed by atoms with Crippen LogP contribution in [-0.2, 0) is 10.8 Å². The molecule has 2 nitrogen and oxygen atoms in total. The molecular weight excluding hydrogens is 747 g/mol. The summed E-state index contributed by atoms with van der Waals surface area (Å²) in [6, 6.07) is 35.3. The zero-order chi connectivity index (χ0) is 43.0. The monoisotopic (exact) mass is 813 g/mol. The van der Waals surface area contributed by atoms with E-state index < -0.39 is 0 Å². The molecule has 0 saturated carbocycles. The van der Waals surface area contributed by atoms with Crippen molar-refractivity contribution < 1.29 is 0 Å². The summed E-state index contributed by atoms with van der Waals surface area (Å²) in [5.41, 5.74) is 19.5. The summed E-state index contributed by atoms with van der Waals surface area (Å²) < 4.78 is 0. The Morgan fingerprint density at radius 1 is 0.629 bits per heavy atom. The van der Waals surface area contributed by atoms with E-state index in [2.05, 4.69) is 211 Å². The number of nitrogens with zero attached hydrogens (tertiary/aromatic N) is 2. The van der Waals surface area contributed by atoms with Gasteiger partial charge in [0.15, 0.2) is 0 Å². The Hall–Kier alpha value is -5.28. The second kappa shape index (κ2) is 15.5. The standard InChI is InChI=1S/C59H65BN2/c1-57(2,3)45-27-19-29-49(36-45)62-53-37-46(58(4,5)6)31-33-51(53)60-50-32-30-43(41-22-14-10-15-23-41)35-52(50)61(48-28-18-24-42(34-48)40-20-12-9-13-21-40)54-38-47(39-55(62)56(54)60)59(7,8)44-25-16-11-17-26-44/h10-11,14-20,22-23,25-28,30-34,36-39,42-43,49H,9,12-13,21,24,29,35H2,1-8H3. The number of anilines is 3. The van der Waals surface area contributed by atoms with E-state index in [0.717, 1.165) is 19.3 Å². The first kappa shape index (κ1) is 40.8. The van der Waals surface area contributed by atoms with Crippen molar-refractivity contribution >= 4 is 34.7 Å². The minimum absolute atomic E-state index is 0.00765. The fraction of sp³-hybridized carbons (Fsp3) is 0.356. The van der Waals surface area contributed by atoms with Gasteiger partial charge in [0.05, 0.1) is 6.04 Å². The summed E-state index contributed by atoms with van der Waals surface area (Å²) >= 11 is 0. The van der Waals surface area contributed by atoms with Gasteiger partial charge in [0.25, 0.3) is 6.71 Å². The second-order valence-electron chi connectivity index (χ2n) is 21.5. The Morgan fingerprint density at radius 3 is 2.08 bits per heavy atom. The predicted molar refractivity (Wildman–Crippen MR) is 267 cm³/mol. The van der Waals surface area contributed by atoms with Crippen LogP contribution < -0.4 is 20.7 Å². The lowest BCUT2D eigenvalue weighted by atomic mass is 9.32. The SMILES string of the molecule is CC(C)(C)C1=CC(N2c3cc(C(C)(C)C)ccc3B3C4=C(CC(c5ccccc5)C=C4)N(C4=CC(C5=CCCCC5)CC=C4)c4cc(C(C)(C)c5ccccc5)cc2c43)CC=C1. The van der Waals surface area contributed by atoms with Crippen LogP contribution in [0.4, 0.5) is 17.1 Å². The largest absolute Gasteiger partial charge is 0.335 e. The highest BCUT2D eigenvalue weighted by molar-refractivity contribution is 6.95. The maximum absolute atomic E-state index is 2.78. The molecule has 0 aromatic heterocycles. The highest BCUT2D eigenvalue weighted by atomic mass is 15.2. The van der Waals surface area contributed by atoms with Crippen molar-refractivity contribution in [3.63, 3.8) is 0 Å². The third-order valence-corrected chi connectivity index (χ3v) is 15.0. The Bertz CT molecular complexity index is 2620. The molecule has 314 valence electrons. The lowest BCUT2D eigenvalue weighted by Gasteiger charge is -2.49. The number of benzene rings is 4. The minimum atomic E-state index is -0.244. The molecule has 62 heavy (non-hydrogen) atoms. The van der Waals surface area contributed by atoms with E-state index >= 15 is 0 Å². The molecule has 0 spiro atoms. The van der Waals surface area contributed by atoms with Crippen LogP contribution in [0.3, 0.4) is 0 Å². The van der Waals surface area contributed by atoms with Crippen molar-refractivity contribution in [1.82, 2.24) is 0 Å². The predicted octanol–water partition coefficient (Wildman–Crippen LogP) is 14.0. The van der Waals surface area contributed by atoms with Crippen molar-refractivity contribution in [2.75, 3.05) is 9.80 Å². The summed E-state index contributed by atoms with van der Waals surface area (Å²) in [6.07, 6.45) is 30.7. The highest BCUT2D eigenvalue weighted by Crippen LogP contribution is 2.50. The van der Waals surface area contributed by atoms with Crippen LogP contribution in [0.5, 0.6) is 0 Å². The van der Waals surface area contributed by atoms with Gasteiger partial charge in [0.1, 0.15) is 0 Å². The number of rotatable bonds is 6. The molecular formula is C59H65BN2. The van der Waals surface area contributed by atoms with E-state index in [1.165, 1.54) is 98.4 Å². The van der Waals surface area contributed by atoms with E-state index in [1.807, 2.05) is 0 Å². The summed E-state index contributed by atoms with van der Waals surface area (Å²) in [5, 5.41) is 0. The van der Waals surface area contributed by atoms with Crippen LogP contribution >= 0.6 is 0 Å². The number of fused-ring (bicyclic) bond motifs is 3. The number of hydrogen-bond acceptors (Lipinski definition) is 2. The van der Waals surface area contributed by atoms with Gasteiger partial charge < -0.3 is 9.80 Å². The average Bonchev–Trinajstić information content (AvgIpc) is 3.28. The molecule has 6 aliphatic rings. The highest BCUT2D eigenvalue weighted by Gasteiger charge is 2.47. The van der Waals surface area contributed by atoms with E-state index in [-0.39, 0.29) is 29.0 Å². The summed E-state index contributed by atoms with van der Waals surface area (Å²) in [6.45, 7) is 19.2. The molecule has 4 aliphatic carbocycles. The topological polar surface area (TPSA) is 6.48 Å². The molecule has 2 heterocycles. The van der Waals surface area contributed by atoms with Gasteiger partial charge in [-0.3, -0.25) is 0 Å². The molecule has 0 radical (unpaired) electrons. The Morgan fingerprint density at radius 2 is 1.35 bits per heavy atom. The van der Waals surface area contributed by atoms with Gasteiger partial charge in [0.2, 0.25) is 0 Å². The molecule has 0 fully saturated rings. The molecule has 10 rings (SSSR count). The lowest BCUT2D eigenvalue weighted by Crippen LogP contribution is -2.58. The second-order valence-corrected chi connectivity index (χ2v) is 21.5. The number of hydrogen-bond donors (Lipinski definition) is 0. The van der Waals surface area contributed by atoms with Crippen LogP contribution in [0.2, 0.25) is 0 Å². The molecule has 3 heteroatoms. The molecule has 0 saturated heterocycles. The van der Waals surface area contributed by atoms with Gasteiger partial charge in [-0.05, 0) is 124 Å². The summed E-state index contributed by atoms with van der Waals surface area (Å²) in [5.74, 6) is 0.731. The van der Waals surface area contributed by atoms with Gasteiger partial charge in [0, 0.05) is 45.7 Å². The normalized spacial score (nSPS) is 22.2. The van der Waals surface area contributed by atoms with Crippen LogP contribution in [0.25, 0.3) is 0 Å². The van der Waals surface area contributed by atoms with Crippen molar-refractivity contribution in [1.29, 1.82) is 0 Å². The summed E-state index contributed by atoms with van der Waals surface area (Å²) in [4.78, 5) is 5.54. The maximum atomic E-state index is 2.78. The van der Waals surface area contributed by atoms with Crippen molar-refractivity contribution in [3.8, 4) is 0 Å². The quantitative estimate of drug-likeness (QED) is 0.141. The Balaban J connectivity index is 1.28. The molecule has 0 bridgehead atoms. The molecule has 4 aromatic carbocycles.